The minimum Gasteiger partial charge on any atom is -0.508 e. The Labute approximate surface area is 87.4 Å². The number of carboxylic acids is 1. The van der Waals surface area contributed by atoms with Crippen LogP contribution in [0, 0.1) is 6.92 Å². The quantitative estimate of drug-likeness (QED) is 0.743. The highest BCUT2D eigenvalue weighted by Gasteiger charge is 2.05. The smallest absolute Gasteiger partial charge is 0.328 e. The summed E-state index contributed by atoms with van der Waals surface area (Å²) in [4.78, 5) is 10.3. The predicted octanol–water partition coefficient (Wildman–Crippen LogP) is 1.81. The van der Waals surface area contributed by atoms with E-state index < -0.39 is 5.97 Å². The van der Waals surface area contributed by atoms with Crippen molar-refractivity contribution in [3.63, 3.8) is 0 Å². The maximum atomic E-state index is 10.3. The molecule has 4 nitrogen and oxygen atoms in total. The molecule has 0 unspecified atom stereocenters. The molecule has 0 spiro atoms. The lowest BCUT2D eigenvalue weighted by atomic mass is 10.1. The Morgan fingerprint density at radius 3 is 2.67 bits per heavy atom. The van der Waals surface area contributed by atoms with Crippen molar-refractivity contribution in [1.82, 2.24) is 0 Å². The number of hydrogen-bond donors (Lipinski definition) is 2. The molecule has 2 N–H and O–H groups in total. The van der Waals surface area contributed by atoms with Crippen molar-refractivity contribution in [2.24, 2.45) is 0 Å². The zero-order chi connectivity index (χ0) is 11.4. The van der Waals surface area contributed by atoms with Gasteiger partial charge in [0.2, 0.25) is 0 Å². The van der Waals surface area contributed by atoms with Crippen molar-refractivity contribution in [1.29, 1.82) is 0 Å². The summed E-state index contributed by atoms with van der Waals surface area (Å²) in [5, 5.41) is 18.0. The molecule has 15 heavy (non-hydrogen) atoms. The lowest BCUT2D eigenvalue weighted by Gasteiger charge is -2.07. The van der Waals surface area contributed by atoms with E-state index >= 15 is 0 Å². The van der Waals surface area contributed by atoms with Crippen molar-refractivity contribution in [2.75, 3.05) is 7.11 Å². The zero-order valence-corrected chi connectivity index (χ0v) is 8.52. The summed E-state index contributed by atoms with van der Waals surface area (Å²) in [7, 11) is 1.49. The highest BCUT2D eigenvalue weighted by molar-refractivity contribution is 5.85. The van der Waals surface area contributed by atoms with Crippen LogP contribution in [0.25, 0.3) is 6.08 Å². The first-order valence-electron chi connectivity index (χ1n) is 4.33. The molecule has 0 atom stereocenters. The monoisotopic (exact) mass is 208 g/mol. The third-order valence-electron chi connectivity index (χ3n) is 1.99. The first kappa shape index (κ1) is 11.1. The summed E-state index contributed by atoms with van der Waals surface area (Å²) in [5.41, 5.74) is 1.21. The van der Waals surface area contributed by atoms with Crippen molar-refractivity contribution in [3.8, 4) is 11.5 Å². The second-order valence-corrected chi connectivity index (χ2v) is 3.04. The summed E-state index contributed by atoms with van der Waals surface area (Å²) in [6.45, 7) is 1.72. The minimum atomic E-state index is -1.03. The van der Waals surface area contributed by atoms with Gasteiger partial charge in [-0.15, -0.1) is 0 Å². The number of ether oxygens (including phenoxy) is 1. The summed E-state index contributed by atoms with van der Waals surface area (Å²) >= 11 is 0. The molecule has 0 heterocycles. The van der Waals surface area contributed by atoms with Crippen molar-refractivity contribution in [2.45, 2.75) is 6.92 Å². The van der Waals surface area contributed by atoms with Crippen LogP contribution in [0.5, 0.6) is 11.5 Å². The number of phenolic OH excluding ortho intramolecular Hbond substituents is 1. The van der Waals surface area contributed by atoms with E-state index in [1.165, 1.54) is 19.3 Å². The van der Waals surface area contributed by atoms with E-state index in [0.717, 1.165) is 6.08 Å². The maximum Gasteiger partial charge on any atom is 0.328 e. The van der Waals surface area contributed by atoms with Gasteiger partial charge >= 0.3 is 5.97 Å². The van der Waals surface area contributed by atoms with Gasteiger partial charge in [-0.1, -0.05) is 0 Å². The molecule has 0 saturated heterocycles. The van der Waals surface area contributed by atoms with E-state index in [1.807, 2.05) is 0 Å². The highest BCUT2D eigenvalue weighted by Crippen LogP contribution is 2.28. The molecule has 0 aromatic heterocycles. The number of aliphatic carboxylic acids is 1. The van der Waals surface area contributed by atoms with Crippen molar-refractivity contribution in [3.05, 3.63) is 29.3 Å². The number of carboxylic acid groups (broad SMARTS) is 1. The molecule has 0 aliphatic rings. The van der Waals surface area contributed by atoms with Crippen molar-refractivity contribution < 1.29 is 19.7 Å². The largest absolute Gasteiger partial charge is 0.508 e. The van der Waals surface area contributed by atoms with Crippen LogP contribution in [0.3, 0.4) is 0 Å². The number of hydrogen-bond acceptors (Lipinski definition) is 3. The molecule has 0 saturated carbocycles. The van der Waals surface area contributed by atoms with E-state index in [-0.39, 0.29) is 5.75 Å². The Kier molecular flexibility index (Phi) is 3.33. The summed E-state index contributed by atoms with van der Waals surface area (Å²) < 4.78 is 5.03. The summed E-state index contributed by atoms with van der Waals surface area (Å²) in [6, 6.07) is 3.14. The number of rotatable bonds is 3. The molecule has 0 aliphatic heterocycles. The number of benzene rings is 1. The van der Waals surface area contributed by atoms with Crippen molar-refractivity contribution >= 4 is 12.0 Å². The van der Waals surface area contributed by atoms with Gasteiger partial charge in [-0.05, 0) is 30.7 Å². The first-order valence-corrected chi connectivity index (χ1v) is 4.33. The Morgan fingerprint density at radius 2 is 2.13 bits per heavy atom. The van der Waals surface area contributed by atoms with E-state index in [1.54, 1.807) is 13.0 Å². The fourth-order valence-corrected chi connectivity index (χ4v) is 1.17. The maximum absolute atomic E-state index is 10.3. The number of aromatic hydroxyl groups is 1. The highest BCUT2D eigenvalue weighted by atomic mass is 16.5. The van der Waals surface area contributed by atoms with Crippen LogP contribution in [0.15, 0.2) is 18.2 Å². The van der Waals surface area contributed by atoms with Crippen LogP contribution in [-0.2, 0) is 4.79 Å². The van der Waals surface area contributed by atoms with Crippen LogP contribution >= 0.6 is 0 Å². The van der Waals surface area contributed by atoms with Crippen LogP contribution in [0.2, 0.25) is 0 Å². The van der Waals surface area contributed by atoms with Gasteiger partial charge in [-0.3, -0.25) is 0 Å². The molecule has 0 fully saturated rings. The molecule has 80 valence electrons. The molecular weight excluding hydrogens is 196 g/mol. The Bertz CT molecular complexity index is 407. The van der Waals surface area contributed by atoms with Gasteiger partial charge < -0.3 is 14.9 Å². The SMILES string of the molecule is COc1cc(/C=C/C(=O)O)cc(O)c1C. The molecule has 4 heteroatoms. The Morgan fingerprint density at radius 1 is 1.47 bits per heavy atom. The van der Waals surface area contributed by atoms with Crippen LogP contribution in [0.4, 0.5) is 0 Å². The zero-order valence-electron chi connectivity index (χ0n) is 8.52. The minimum absolute atomic E-state index is 0.0828. The second kappa shape index (κ2) is 4.50. The van der Waals surface area contributed by atoms with Gasteiger partial charge in [0.05, 0.1) is 7.11 Å². The first-order chi connectivity index (χ1) is 7.04. The molecular formula is C11H12O4. The van der Waals surface area contributed by atoms with Gasteiger partial charge in [0, 0.05) is 11.6 Å². The third-order valence-corrected chi connectivity index (χ3v) is 1.99. The average Bonchev–Trinajstić information content (AvgIpc) is 2.19. The fraction of sp³-hybridized carbons (Fsp3) is 0.182. The van der Waals surface area contributed by atoms with E-state index in [9.17, 15) is 9.90 Å². The molecule has 0 aliphatic carbocycles. The topological polar surface area (TPSA) is 66.8 Å². The Hall–Kier alpha value is -1.97. The summed E-state index contributed by atoms with van der Waals surface area (Å²) in [5.74, 6) is -0.423. The summed E-state index contributed by atoms with van der Waals surface area (Å²) in [6.07, 6.45) is 2.40. The lowest BCUT2D eigenvalue weighted by molar-refractivity contribution is -0.131. The lowest BCUT2D eigenvalue weighted by Crippen LogP contribution is -1.90. The van der Waals surface area contributed by atoms with E-state index in [4.69, 9.17) is 9.84 Å². The van der Waals surface area contributed by atoms with E-state index in [2.05, 4.69) is 0 Å². The molecule has 0 bridgehead atoms. The normalized spacial score (nSPS) is 10.5. The number of methoxy groups -OCH3 is 1. The van der Waals surface area contributed by atoms with Crippen LogP contribution in [-0.4, -0.2) is 23.3 Å². The molecule has 0 amide bonds. The standard InChI is InChI=1S/C11H12O4/c1-7-9(12)5-8(3-4-11(13)14)6-10(7)15-2/h3-6,12H,1-2H3,(H,13,14)/b4-3+. The van der Waals surface area contributed by atoms with E-state index in [0.29, 0.717) is 16.9 Å². The van der Waals surface area contributed by atoms with Gasteiger partial charge in [0.15, 0.2) is 0 Å². The van der Waals surface area contributed by atoms with Gasteiger partial charge in [-0.25, -0.2) is 4.79 Å². The number of carbonyl (C=O) groups is 1. The molecule has 1 aromatic carbocycles. The van der Waals surface area contributed by atoms with Gasteiger partial charge in [-0.2, -0.15) is 0 Å². The Balaban J connectivity index is 3.11. The van der Waals surface area contributed by atoms with Gasteiger partial charge in [0.25, 0.3) is 0 Å². The third kappa shape index (κ3) is 2.74. The predicted molar refractivity (Wildman–Crippen MR) is 56.1 cm³/mol. The average molecular weight is 208 g/mol. The van der Waals surface area contributed by atoms with Crippen LogP contribution < -0.4 is 4.74 Å². The van der Waals surface area contributed by atoms with Crippen LogP contribution in [0.1, 0.15) is 11.1 Å². The molecule has 1 aromatic rings. The second-order valence-electron chi connectivity index (χ2n) is 3.04. The molecule has 0 radical (unpaired) electrons. The van der Waals surface area contributed by atoms with Gasteiger partial charge in [0.1, 0.15) is 11.5 Å². The molecule has 1 rings (SSSR count). The fourth-order valence-electron chi connectivity index (χ4n) is 1.17. The number of phenols is 1.